The van der Waals surface area contributed by atoms with E-state index >= 15 is 0 Å². The summed E-state index contributed by atoms with van der Waals surface area (Å²) in [6.07, 6.45) is -2.56. The van der Waals surface area contributed by atoms with E-state index in [4.69, 9.17) is 16.3 Å². The van der Waals surface area contributed by atoms with Crippen LogP contribution in [0.1, 0.15) is 18.9 Å². The molecule has 154 valence electrons. The van der Waals surface area contributed by atoms with Crippen LogP contribution in [0, 0.1) is 0 Å². The minimum absolute atomic E-state index is 0.0202. The molecule has 0 spiro atoms. The number of allylic oxidation sites excluding steroid dienone is 1. The molecule has 0 aliphatic carbocycles. The van der Waals surface area contributed by atoms with Gasteiger partial charge in [0, 0.05) is 30.4 Å². The standard InChI is InChI=1S/C18H21F2N7O2/c1-11(21)14(27(22)13-4-2-12(3-5-13)17(19)20)10-29-16-7-6-15(24-25-16)26-9-8-23-18(26)28/h2-7,17H,8-10,21-22H2,1H3,(H,23,28)/b14-11-. The van der Waals surface area contributed by atoms with Crippen molar-refractivity contribution in [2.45, 2.75) is 13.3 Å². The van der Waals surface area contributed by atoms with E-state index in [-0.39, 0.29) is 24.1 Å². The second-order valence-corrected chi connectivity index (χ2v) is 6.29. The summed E-state index contributed by atoms with van der Waals surface area (Å²) in [6.45, 7) is 2.69. The van der Waals surface area contributed by atoms with Gasteiger partial charge in [-0.1, -0.05) is 12.1 Å². The van der Waals surface area contributed by atoms with Crippen molar-refractivity contribution in [3.8, 4) is 5.88 Å². The van der Waals surface area contributed by atoms with Crippen LogP contribution in [-0.4, -0.2) is 35.9 Å². The van der Waals surface area contributed by atoms with Crippen LogP contribution in [0.5, 0.6) is 5.88 Å². The highest BCUT2D eigenvalue weighted by Crippen LogP contribution is 2.24. The molecule has 0 atom stereocenters. The van der Waals surface area contributed by atoms with E-state index in [2.05, 4.69) is 15.5 Å². The minimum atomic E-state index is -2.56. The number of carbonyl (C=O) groups is 1. The van der Waals surface area contributed by atoms with Crippen LogP contribution in [-0.2, 0) is 0 Å². The lowest BCUT2D eigenvalue weighted by Crippen LogP contribution is -2.35. The zero-order valence-corrected chi connectivity index (χ0v) is 15.7. The Morgan fingerprint density at radius 1 is 1.28 bits per heavy atom. The van der Waals surface area contributed by atoms with Crippen LogP contribution >= 0.6 is 0 Å². The molecule has 1 aromatic heterocycles. The molecule has 0 bridgehead atoms. The molecule has 2 aromatic rings. The second-order valence-electron chi connectivity index (χ2n) is 6.29. The van der Waals surface area contributed by atoms with Gasteiger partial charge < -0.3 is 15.8 Å². The van der Waals surface area contributed by atoms with Gasteiger partial charge in [-0.15, -0.1) is 10.2 Å². The maximum absolute atomic E-state index is 12.7. The molecule has 2 amide bonds. The summed E-state index contributed by atoms with van der Waals surface area (Å²) in [5.41, 5.74) is 7.10. The molecule has 11 heteroatoms. The van der Waals surface area contributed by atoms with Crippen LogP contribution in [0.2, 0.25) is 0 Å². The highest BCUT2D eigenvalue weighted by Gasteiger charge is 2.22. The Hall–Kier alpha value is -3.47. The van der Waals surface area contributed by atoms with Gasteiger partial charge in [-0.2, -0.15) is 0 Å². The van der Waals surface area contributed by atoms with Gasteiger partial charge in [-0.05, 0) is 25.1 Å². The molecule has 1 saturated heterocycles. The van der Waals surface area contributed by atoms with E-state index in [0.717, 1.165) is 0 Å². The molecule has 1 aromatic carbocycles. The third-order valence-electron chi connectivity index (χ3n) is 4.29. The fourth-order valence-corrected chi connectivity index (χ4v) is 2.68. The van der Waals surface area contributed by atoms with Crippen molar-refractivity contribution in [3.05, 3.63) is 53.4 Å². The molecule has 0 unspecified atom stereocenters. The Kier molecular flexibility index (Phi) is 6.07. The van der Waals surface area contributed by atoms with E-state index in [1.807, 2.05) is 0 Å². The number of rotatable bonds is 7. The predicted octanol–water partition coefficient (Wildman–Crippen LogP) is 1.89. The number of halogens is 2. The molecule has 5 N–H and O–H groups in total. The number of nitrogens with one attached hydrogen (secondary N) is 1. The first-order valence-corrected chi connectivity index (χ1v) is 8.77. The zero-order chi connectivity index (χ0) is 21.0. The lowest BCUT2D eigenvalue weighted by molar-refractivity contribution is 0.151. The third-order valence-corrected chi connectivity index (χ3v) is 4.29. The second kappa shape index (κ2) is 8.69. The number of hydrogen-bond acceptors (Lipinski definition) is 7. The van der Waals surface area contributed by atoms with Crippen molar-refractivity contribution in [1.29, 1.82) is 0 Å². The molecule has 1 fully saturated rings. The average molecular weight is 405 g/mol. The Morgan fingerprint density at radius 3 is 2.52 bits per heavy atom. The van der Waals surface area contributed by atoms with E-state index in [9.17, 15) is 13.6 Å². The molecular weight excluding hydrogens is 384 g/mol. The lowest BCUT2D eigenvalue weighted by Gasteiger charge is -2.23. The first-order valence-electron chi connectivity index (χ1n) is 8.77. The first-order chi connectivity index (χ1) is 13.9. The van der Waals surface area contributed by atoms with Crippen molar-refractivity contribution in [3.63, 3.8) is 0 Å². The number of carbonyl (C=O) groups excluding carboxylic acids is 1. The largest absolute Gasteiger partial charge is 0.470 e. The summed E-state index contributed by atoms with van der Waals surface area (Å²) in [7, 11) is 0. The number of amides is 2. The smallest absolute Gasteiger partial charge is 0.323 e. The fraction of sp³-hybridized carbons (Fsp3) is 0.278. The Labute approximate surface area is 165 Å². The highest BCUT2D eigenvalue weighted by atomic mass is 19.3. The molecule has 2 heterocycles. The van der Waals surface area contributed by atoms with Gasteiger partial charge >= 0.3 is 6.03 Å². The van der Waals surface area contributed by atoms with Gasteiger partial charge in [0.15, 0.2) is 5.82 Å². The van der Waals surface area contributed by atoms with E-state index in [1.165, 1.54) is 34.2 Å². The van der Waals surface area contributed by atoms with Crippen molar-refractivity contribution in [1.82, 2.24) is 15.5 Å². The topological polar surface area (TPSA) is 123 Å². The number of hydrazine groups is 1. The quantitative estimate of drug-likeness (QED) is 0.475. The molecule has 1 aliphatic heterocycles. The molecule has 9 nitrogen and oxygen atoms in total. The van der Waals surface area contributed by atoms with Gasteiger partial charge in [0.05, 0.1) is 11.4 Å². The zero-order valence-electron chi connectivity index (χ0n) is 15.7. The van der Waals surface area contributed by atoms with Crippen molar-refractivity contribution >= 4 is 17.5 Å². The van der Waals surface area contributed by atoms with E-state index in [1.54, 1.807) is 19.1 Å². The number of urea groups is 1. The SMILES string of the molecule is C/C(N)=C(\COc1ccc(N2CCNC2=O)nn1)N(N)c1ccc(C(F)F)cc1. The summed E-state index contributed by atoms with van der Waals surface area (Å²) in [5.74, 6) is 6.72. The molecule has 29 heavy (non-hydrogen) atoms. The van der Waals surface area contributed by atoms with Gasteiger partial charge in [0.2, 0.25) is 5.88 Å². The van der Waals surface area contributed by atoms with Crippen LogP contribution in [0.25, 0.3) is 0 Å². The summed E-state index contributed by atoms with van der Waals surface area (Å²) >= 11 is 0. The van der Waals surface area contributed by atoms with Crippen LogP contribution in [0.4, 0.5) is 25.1 Å². The molecular formula is C18H21F2N7O2. The molecule has 3 rings (SSSR count). The van der Waals surface area contributed by atoms with Crippen LogP contribution in [0.15, 0.2) is 47.8 Å². The number of nitrogens with two attached hydrogens (primary N) is 2. The minimum Gasteiger partial charge on any atom is -0.470 e. The first kappa shape index (κ1) is 20.3. The summed E-state index contributed by atoms with van der Waals surface area (Å²) < 4.78 is 31.0. The lowest BCUT2D eigenvalue weighted by atomic mass is 10.2. The highest BCUT2D eigenvalue weighted by molar-refractivity contribution is 5.92. The molecule has 0 radical (unpaired) electrons. The maximum Gasteiger partial charge on any atom is 0.323 e. The van der Waals surface area contributed by atoms with Gasteiger partial charge in [-0.25, -0.2) is 19.4 Å². The number of aromatic nitrogens is 2. The van der Waals surface area contributed by atoms with Crippen molar-refractivity contribution in [2.24, 2.45) is 11.6 Å². The van der Waals surface area contributed by atoms with Crippen LogP contribution in [0.3, 0.4) is 0 Å². The van der Waals surface area contributed by atoms with Gasteiger partial charge in [-0.3, -0.25) is 9.91 Å². The number of alkyl halides is 2. The maximum atomic E-state index is 12.7. The summed E-state index contributed by atoms with van der Waals surface area (Å²) in [6, 6.07) is 8.50. The Bertz CT molecular complexity index is 884. The number of nitrogens with zero attached hydrogens (tertiary/aromatic N) is 4. The summed E-state index contributed by atoms with van der Waals surface area (Å²) in [5, 5.41) is 11.9. The van der Waals surface area contributed by atoms with Gasteiger partial charge in [0.25, 0.3) is 6.43 Å². The summed E-state index contributed by atoms with van der Waals surface area (Å²) in [4.78, 5) is 13.1. The monoisotopic (exact) mass is 405 g/mol. The number of hydrogen-bond donors (Lipinski definition) is 3. The van der Waals surface area contributed by atoms with Gasteiger partial charge in [0.1, 0.15) is 6.61 Å². The van der Waals surface area contributed by atoms with Crippen LogP contribution < -0.4 is 31.5 Å². The molecule has 0 saturated carbocycles. The Morgan fingerprint density at radius 2 is 2.00 bits per heavy atom. The fourth-order valence-electron chi connectivity index (χ4n) is 2.68. The normalized spacial score (nSPS) is 14.7. The molecule has 1 aliphatic rings. The Balaban J connectivity index is 1.66. The predicted molar refractivity (Wildman–Crippen MR) is 103 cm³/mol. The van der Waals surface area contributed by atoms with Crippen molar-refractivity contribution in [2.75, 3.05) is 29.6 Å². The van der Waals surface area contributed by atoms with E-state index in [0.29, 0.717) is 36.0 Å². The third kappa shape index (κ3) is 4.69. The number of benzene rings is 1. The van der Waals surface area contributed by atoms with E-state index < -0.39 is 6.43 Å². The van der Waals surface area contributed by atoms with Crippen molar-refractivity contribution < 1.29 is 18.3 Å². The average Bonchev–Trinajstić information content (AvgIpc) is 3.14. The number of ether oxygens (including phenoxy) is 1. The number of anilines is 2.